The minimum absolute atomic E-state index is 0.171. The van der Waals surface area contributed by atoms with Crippen molar-refractivity contribution in [3.63, 3.8) is 0 Å². The molecule has 0 aliphatic carbocycles. The van der Waals surface area contributed by atoms with E-state index in [1.54, 1.807) is 12.1 Å². The first-order chi connectivity index (χ1) is 13.5. The van der Waals surface area contributed by atoms with Crippen LogP contribution in [0.1, 0.15) is 16.7 Å². The first-order valence-electron chi connectivity index (χ1n) is 9.03. The third-order valence-electron chi connectivity index (χ3n) is 4.63. The number of ether oxygens (including phenoxy) is 1. The summed E-state index contributed by atoms with van der Waals surface area (Å²) in [5.74, 6) is 0.519. The van der Waals surface area contributed by atoms with Crippen LogP contribution in [0.5, 0.6) is 5.75 Å². The highest BCUT2D eigenvalue weighted by molar-refractivity contribution is 6.33. The molecule has 0 atom stereocenters. The van der Waals surface area contributed by atoms with Crippen molar-refractivity contribution in [3.05, 3.63) is 98.7 Å². The quantitative estimate of drug-likeness (QED) is 0.410. The van der Waals surface area contributed by atoms with E-state index >= 15 is 0 Å². The van der Waals surface area contributed by atoms with Crippen LogP contribution in [-0.2, 0) is 6.61 Å². The fraction of sp³-hybridized carbons (Fsp3) is 0.125. The zero-order valence-electron chi connectivity index (χ0n) is 15.7. The Balaban J connectivity index is 1.87. The van der Waals surface area contributed by atoms with Crippen molar-refractivity contribution in [3.8, 4) is 17.1 Å². The Morgan fingerprint density at radius 3 is 2.39 bits per heavy atom. The highest BCUT2D eigenvalue weighted by Crippen LogP contribution is 2.35. The molecule has 4 rings (SSSR count). The summed E-state index contributed by atoms with van der Waals surface area (Å²) < 4.78 is 12.1. The Hall–Kier alpha value is -3.04. The van der Waals surface area contributed by atoms with Gasteiger partial charge < -0.3 is 9.15 Å². The van der Waals surface area contributed by atoms with Crippen LogP contribution >= 0.6 is 11.6 Å². The summed E-state index contributed by atoms with van der Waals surface area (Å²) in [6.45, 7) is 4.25. The SMILES string of the molecule is Cc1ccc(COc2c(-c3ccccc3Cl)oc3cc(C)ccc3c2=O)cc1. The number of fused-ring (bicyclic) bond motifs is 1. The lowest BCUT2D eigenvalue weighted by molar-refractivity contribution is 0.298. The zero-order chi connectivity index (χ0) is 19.7. The lowest BCUT2D eigenvalue weighted by Crippen LogP contribution is -2.10. The average Bonchev–Trinajstić information content (AvgIpc) is 2.68. The summed E-state index contributed by atoms with van der Waals surface area (Å²) in [5.41, 5.74) is 4.09. The Kier molecular flexibility index (Phi) is 4.93. The molecule has 0 aliphatic heterocycles. The van der Waals surface area contributed by atoms with Gasteiger partial charge in [-0.3, -0.25) is 4.79 Å². The molecule has 0 unspecified atom stereocenters. The molecule has 1 heterocycles. The average molecular weight is 391 g/mol. The van der Waals surface area contributed by atoms with Crippen LogP contribution in [-0.4, -0.2) is 0 Å². The van der Waals surface area contributed by atoms with Crippen LogP contribution in [0.25, 0.3) is 22.3 Å². The molecule has 0 fully saturated rings. The number of rotatable bonds is 4. The molecule has 4 aromatic rings. The summed E-state index contributed by atoms with van der Waals surface area (Å²) in [6.07, 6.45) is 0. The number of benzene rings is 3. The van der Waals surface area contributed by atoms with Crippen molar-refractivity contribution in [2.24, 2.45) is 0 Å². The van der Waals surface area contributed by atoms with Gasteiger partial charge in [-0.15, -0.1) is 0 Å². The van der Waals surface area contributed by atoms with Gasteiger partial charge in [0, 0.05) is 5.56 Å². The van der Waals surface area contributed by atoms with Crippen LogP contribution in [0.4, 0.5) is 0 Å². The van der Waals surface area contributed by atoms with Gasteiger partial charge in [0.25, 0.3) is 0 Å². The third-order valence-corrected chi connectivity index (χ3v) is 4.96. The number of halogens is 1. The number of aryl methyl sites for hydroxylation is 2. The fourth-order valence-corrected chi connectivity index (χ4v) is 3.30. The van der Waals surface area contributed by atoms with Crippen molar-refractivity contribution < 1.29 is 9.15 Å². The number of hydrogen-bond donors (Lipinski definition) is 0. The fourth-order valence-electron chi connectivity index (χ4n) is 3.08. The minimum atomic E-state index is -0.205. The zero-order valence-corrected chi connectivity index (χ0v) is 16.4. The first kappa shape index (κ1) is 18.3. The molecule has 0 saturated heterocycles. The second-order valence-electron chi connectivity index (χ2n) is 6.84. The van der Waals surface area contributed by atoms with Crippen molar-refractivity contribution in [1.82, 2.24) is 0 Å². The van der Waals surface area contributed by atoms with Crippen LogP contribution in [0, 0.1) is 13.8 Å². The van der Waals surface area contributed by atoms with Gasteiger partial charge in [-0.05, 0) is 49.2 Å². The van der Waals surface area contributed by atoms with Gasteiger partial charge in [-0.2, -0.15) is 0 Å². The van der Waals surface area contributed by atoms with Gasteiger partial charge in [0.05, 0.1) is 10.4 Å². The van der Waals surface area contributed by atoms with Crippen molar-refractivity contribution in [2.45, 2.75) is 20.5 Å². The molecule has 0 N–H and O–H groups in total. The van der Waals surface area contributed by atoms with E-state index in [0.29, 0.717) is 27.3 Å². The molecule has 1 aromatic heterocycles. The predicted molar refractivity (Wildman–Crippen MR) is 113 cm³/mol. The normalized spacial score (nSPS) is 11.0. The largest absolute Gasteiger partial charge is 0.481 e. The van der Waals surface area contributed by atoms with Crippen molar-refractivity contribution >= 4 is 22.6 Å². The lowest BCUT2D eigenvalue weighted by Gasteiger charge is -2.13. The molecular formula is C24H19ClO3. The van der Waals surface area contributed by atoms with Crippen LogP contribution < -0.4 is 10.2 Å². The van der Waals surface area contributed by atoms with E-state index < -0.39 is 0 Å². The van der Waals surface area contributed by atoms with Gasteiger partial charge in [0.1, 0.15) is 12.2 Å². The van der Waals surface area contributed by atoms with E-state index in [9.17, 15) is 4.79 Å². The maximum absolute atomic E-state index is 13.2. The van der Waals surface area contributed by atoms with E-state index in [4.69, 9.17) is 20.8 Å². The van der Waals surface area contributed by atoms with Gasteiger partial charge in [-0.1, -0.05) is 59.6 Å². The topological polar surface area (TPSA) is 39.4 Å². The molecule has 4 heteroatoms. The van der Waals surface area contributed by atoms with Crippen LogP contribution in [0.2, 0.25) is 5.02 Å². The molecule has 0 aliphatic rings. The Morgan fingerprint density at radius 1 is 0.929 bits per heavy atom. The van der Waals surface area contributed by atoms with E-state index in [-0.39, 0.29) is 17.8 Å². The van der Waals surface area contributed by atoms with E-state index in [2.05, 4.69) is 0 Å². The molecule has 0 amide bonds. The highest BCUT2D eigenvalue weighted by atomic mass is 35.5. The molecule has 28 heavy (non-hydrogen) atoms. The summed E-state index contributed by atoms with van der Waals surface area (Å²) in [7, 11) is 0. The molecule has 0 bridgehead atoms. The second-order valence-corrected chi connectivity index (χ2v) is 7.25. The minimum Gasteiger partial charge on any atom is -0.481 e. The Labute approximate surface area is 168 Å². The van der Waals surface area contributed by atoms with Gasteiger partial charge in [0.2, 0.25) is 11.2 Å². The van der Waals surface area contributed by atoms with E-state index in [0.717, 1.165) is 11.1 Å². The smallest absolute Gasteiger partial charge is 0.235 e. The highest BCUT2D eigenvalue weighted by Gasteiger charge is 2.19. The van der Waals surface area contributed by atoms with Gasteiger partial charge >= 0.3 is 0 Å². The monoisotopic (exact) mass is 390 g/mol. The first-order valence-corrected chi connectivity index (χ1v) is 9.41. The standard InChI is InChI=1S/C24H19ClO3/c1-15-7-10-17(11-8-15)14-27-24-22(26)19-12-9-16(2)13-21(19)28-23(24)18-5-3-4-6-20(18)25/h3-13H,14H2,1-2H3. The van der Waals surface area contributed by atoms with Crippen LogP contribution in [0.3, 0.4) is 0 Å². The van der Waals surface area contributed by atoms with Crippen molar-refractivity contribution in [1.29, 1.82) is 0 Å². The molecule has 3 nitrogen and oxygen atoms in total. The van der Waals surface area contributed by atoms with Gasteiger partial charge in [-0.25, -0.2) is 0 Å². The molecule has 140 valence electrons. The molecule has 0 radical (unpaired) electrons. The predicted octanol–water partition coefficient (Wildman–Crippen LogP) is 6.31. The van der Waals surface area contributed by atoms with Crippen LogP contribution in [0.15, 0.2) is 75.9 Å². The second kappa shape index (κ2) is 7.53. The maximum Gasteiger partial charge on any atom is 0.235 e. The lowest BCUT2D eigenvalue weighted by atomic mass is 10.1. The van der Waals surface area contributed by atoms with E-state index in [1.807, 2.05) is 68.4 Å². The third kappa shape index (κ3) is 3.54. The Morgan fingerprint density at radius 2 is 1.64 bits per heavy atom. The Bertz CT molecular complexity index is 1210. The molecule has 0 spiro atoms. The molecule has 3 aromatic carbocycles. The van der Waals surface area contributed by atoms with E-state index in [1.165, 1.54) is 5.56 Å². The van der Waals surface area contributed by atoms with Gasteiger partial charge in [0.15, 0.2) is 5.76 Å². The summed E-state index contributed by atoms with van der Waals surface area (Å²) in [6, 6.07) is 20.8. The summed E-state index contributed by atoms with van der Waals surface area (Å²) >= 11 is 6.38. The molecule has 0 saturated carbocycles. The van der Waals surface area contributed by atoms with Crippen molar-refractivity contribution in [2.75, 3.05) is 0 Å². The number of hydrogen-bond acceptors (Lipinski definition) is 3. The summed E-state index contributed by atoms with van der Waals surface area (Å²) in [5, 5.41) is 0.984. The summed E-state index contributed by atoms with van der Waals surface area (Å²) in [4.78, 5) is 13.2. The molecular weight excluding hydrogens is 372 g/mol. The maximum atomic E-state index is 13.2.